The van der Waals surface area contributed by atoms with Gasteiger partial charge in [-0.05, 0) is 22.4 Å². The second-order valence-corrected chi connectivity index (χ2v) is 5.16. The van der Waals surface area contributed by atoms with E-state index in [1.54, 1.807) is 37.2 Å². The molecular weight excluding hydrogens is 317 g/mol. The molecule has 0 amide bonds. The highest BCUT2D eigenvalue weighted by atomic mass is 35.5. The van der Waals surface area contributed by atoms with Crippen LogP contribution in [0.15, 0.2) is 28.0 Å². The van der Waals surface area contributed by atoms with E-state index in [2.05, 4.69) is 20.1 Å². The van der Waals surface area contributed by atoms with E-state index in [0.29, 0.717) is 21.6 Å². The minimum atomic E-state index is 0.135. The SMILES string of the molecule is CN(C)/C(=N\OCc1ccc(Cl)cc1Cl)c1nonc1N. The van der Waals surface area contributed by atoms with E-state index in [9.17, 15) is 0 Å². The molecule has 0 unspecified atom stereocenters. The van der Waals surface area contributed by atoms with Crippen LogP contribution in [0.3, 0.4) is 0 Å². The lowest BCUT2D eigenvalue weighted by Gasteiger charge is -2.12. The minimum absolute atomic E-state index is 0.135. The monoisotopic (exact) mass is 329 g/mol. The van der Waals surface area contributed by atoms with E-state index in [4.69, 9.17) is 33.8 Å². The molecule has 0 atom stereocenters. The summed E-state index contributed by atoms with van der Waals surface area (Å²) in [6, 6.07) is 5.13. The van der Waals surface area contributed by atoms with Crippen LogP contribution >= 0.6 is 23.2 Å². The topological polar surface area (TPSA) is 89.8 Å². The van der Waals surface area contributed by atoms with Crippen molar-refractivity contribution in [2.75, 3.05) is 19.8 Å². The number of benzene rings is 1. The van der Waals surface area contributed by atoms with Gasteiger partial charge in [0.2, 0.25) is 5.84 Å². The van der Waals surface area contributed by atoms with E-state index in [0.717, 1.165) is 5.56 Å². The Labute approximate surface area is 131 Å². The van der Waals surface area contributed by atoms with Crippen molar-refractivity contribution < 1.29 is 9.47 Å². The van der Waals surface area contributed by atoms with Gasteiger partial charge in [0.25, 0.3) is 0 Å². The molecule has 0 radical (unpaired) electrons. The molecule has 0 fully saturated rings. The molecule has 0 spiro atoms. The number of rotatable bonds is 4. The van der Waals surface area contributed by atoms with Crippen LogP contribution in [0, 0.1) is 0 Å². The van der Waals surface area contributed by atoms with Crippen molar-refractivity contribution in [3.63, 3.8) is 0 Å². The Morgan fingerprint density at radius 1 is 1.38 bits per heavy atom. The molecule has 7 nitrogen and oxygen atoms in total. The predicted octanol–water partition coefficient (Wildman–Crippen LogP) is 2.40. The number of nitrogen functional groups attached to an aromatic ring is 1. The zero-order valence-corrected chi connectivity index (χ0v) is 12.9. The molecule has 9 heteroatoms. The zero-order chi connectivity index (χ0) is 15.4. The Bertz CT molecular complexity index is 657. The quantitative estimate of drug-likeness (QED) is 0.526. The van der Waals surface area contributed by atoms with Gasteiger partial charge in [0.15, 0.2) is 11.5 Å². The van der Waals surface area contributed by atoms with Gasteiger partial charge < -0.3 is 15.5 Å². The smallest absolute Gasteiger partial charge is 0.201 e. The van der Waals surface area contributed by atoms with Crippen molar-refractivity contribution in [1.29, 1.82) is 0 Å². The van der Waals surface area contributed by atoms with Crippen molar-refractivity contribution in [3.05, 3.63) is 39.5 Å². The Morgan fingerprint density at radius 3 is 2.71 bits per heavy atom. The van der Waals surface area contributed by atoms with Crippen LogP contribution in [0.25, 0.3) is 0 Å². The Kier molecular flexibility index (Phi) is 4.87. The number of nitrogens with zero attached hydrogens (tertiary/aromatic N) is 4. The van der Waals surface area contributed by atoms with Gasteiger partial charge in [-0.1, -0.05) is 34.4 Å². The fourth-order valence-electron chi connectivity index (χ4n) is 1.49. The van der Waals surface area contributed by atoms with Gasteiger partial charge in [-0.3, -0.25) is 0 Å². The van der Waals surface area contributed by atoms with Crippen LogP contribution in [-0.2, 0) is 11.4 Å². The Morgan fingerprint density at radius 2 is 2.14 bits per heavy atom. The molecule has 0 saturated carbocycles. The van der Waals surface area contributed by atoms with Crippen molar-refractivity contribution in [2.24, 2.45) is 5.16 Å². The summed E-state index contributed by atoms with van der Waals surface area (Å²) < 4.78 is 4.55. The molecule has 112 valence electrons. The lowest BCUT2D eigenvalue weighted by atomic mass is 10.2. The maximum absolute atomic E-state index is 6.05. The van der Waals surface area contributed by atoms with E-state index in [1.165, 1.54) is 0 Å². The van der Waals surface area contributed by atoms with Crippen LogP contribution in [0.2, 0.25) is 10.0 Å². The third-order valence-corrected chi connectivity index (χ3v) is 3.12. The van der Waals surface area contributed by atoms with Crippen LogP contribution in [0.1, 0.15) is 11.3 Å². The van der Waals surface area contributed by atoms with Gasteiger partial charge in [0.05, 0.1) is 0 Å². The first-order valence-corrected chi connectivity index (χ1v) is 6.64. The summed E-state index contributed by atoms with van der Waals surface area (Å²) in [4.78, 5) is 6.98. The maximum atomic E-state index is 6.05. The van der Waals surface area contributed by atoms with Crippen LogP contribution in [-0.4, -0.2) is 35.1 Å². The molecule has 21 heavy (non-hydrogen) atoms. The summed E-state index contributed by atoms with van der Waals surface area (Å²) >= 11 is 11.9. The first-order chi connectivity index (χ1) is 9.99. The summed E-state index contributed by atoms with van der Waals surface area (Å²) in [6.45, 7) is 0.179. The van der Waals surface area contributed by atoms with Crippen molar-refractivity contribution in [3.8, 4) is 0 Å². The maximum Gasteiger partial charge on any atom is 0.201 e. The summed E-state index contributed by atoms with van der Waals surface area (Å²) in [5.74, 6) is 0.523. The van der Waals surface area contributed by atoms with Crippen molar-refractivity contribution in [2.45, 2.75) is 6.61 Å². The molecule has 0 aliphatic heterocycles. The lowest BCUT2D eigenvalue weighted by Crippen LogP contribution is -2.24. The highest BCUT2D eigenvalue weighted by Gasteiger charge is 2.17. The molecule has 1 aromatic heterocycles. The third-order valence-electron chi connectivity index (χ3n) is 2.54. The van der Waals surface area contributed by atoms with Crippen molar-refractivity contribution in [1.82, 2.24) is 15.2 Å². The van der Waals surface area contributed by atoms with E-state index in [1.807, 2.05) is 0 Å². The number of halogens is 2. The standard InChI is InChI=1S/C12H13Cl2N5O2/c1-19(2)12(10-11(15)17-21-16-10)18-20-6-7-3-4-8(13)5-9(7)14/h3-5H,6H2,1-2H3,(H2,15,17)/b18-12-. The number of oxime groups is 1. The summed E-state index contributed by atoms with van der Waals surface area (Å²) in [7, 11) is 3.54. The average Bonchev–Trinajstić information content (AvgIpc) is 2.82. The zero-order valence-electron chi connectivity index (χ0n) is 11.4. The summed E-state index contributed by atoms with van der Waals surface area (Å²) in [6.07, 6.45) is 0. The van der Waals surface area contributed by atoms with E-state index < -0.39 is 0 Å². The number of aromatic nitrogens is 2. The largest absolute Gasteiger partial charge is 0.389 e. The van der Waals surface area contributed by atoms with Crippen LogP contribution < -0.4 is 5.73 Å². The molecule has 0 aliphatic carbocycles. The molecule has 0 aliphatic rings. The normalized spacial score (nSPS) is 11.5. The molecule has 1 heterocycles. The Balaban J connectivity index is 2.12. The van der Waals surface area contributed by atoms with Crippen molar-refractivity contribution >= 4 is 34.9 Å². The number of amidine groups is 1. The molecule has 1 aromatic carbocycles. The fourth-order valence-corrected chi connectivity index (χ4v) is 1.95. The lowest BCUT2D eigenvalue weighted by molar-refractivity contribution is 0.127. The first-order valence-electron chi connectivity index (χ1n) is 5.88. The van der Waals surface area contributed by atoms with Crippen LogP contribution in [0.4, 0.5) is 5.82 Å². The minimum Gasteiger partial charge on any atom is -0.389 e. The number of hydrogen-bond donors (Lipinski definition) is 1. The van der Waals surface area contributed by atoms with Gasteiger partial charge >= 0.3 is 0 Å². The average molecular weight is 330 g/mol. The predicted molar refractivity (Wildman–Crippen MR) is 80.2 cm³/mol. The molecular formula is C12H13Cl2N5O2. The van der Waals surface area contributed by atoms with Gasteiger partial charge in [-0.15, -0.1) is 0 Å². The van der Waals surface area contributed by atoms with Gasteiger partial charge in [0, 0.05) is 29.7 Å². The molecule has 2 rings (SSSR count). The number of anilines is 1. The molecule has 2 N–H and O–H groups in total. The molecule has 0 saturated heterocycles. The summed E-state index contributed by atoms with van der Waals surface area (Å²) in [5.41, 5.74) is 6.70. The van der Waals surface area contributed by atoms with E-state index >= 15 is 0 Å². The highest BCUT2D eigenvalue weighted by molar-refractivity contribution is 6.35. The summed E-state index contributed by atoms with van der Waals surface area (Å²) in [5, 5.41) is 12.2. The van der Waals surface area contributed by atoms with Gasteiger partial charge in [-0.2, -0.15) is 0 Å². The third kappa shape index (κ3) is 3.77. The second kappa shape index (κ2) is 6.64. The van der Waals surface area contributed by atoms with Gasteiger partial charge in [-0.25, -0.2) is 4.63 Å². The number of hydrogen-bond acceptors (Lipinski definition) is 6. The highest BCUT2D eigenvalue weighted by Crippen LogP contribution is 2.21. The fraction of sp³-hybridized carbons (Fsp3) is 0.250. The molecule has 2 aromatic rings. The number of nitrogens with two attached hydrogens (primary N) is 1. The van der Waals surface area contributed by atoms with Gasteiger partial charge in [0.1, 0.15) is 6.61 Å². The Hall–Kier alpha value is -1.99. The first kappa shape index (κ1) is 15.4. The van der Waals surface area contributed by atoms with E-state index in [-0.39, 0.29) is 12.4 Å². The second-order valence-electron chi connectivity index (χ2n) is 4.32. The van der Waals surface area contributed by atoms with Crippen LogP contribution in [0.5, 0.6) is 0 Å². The molecule has 0 bridgehead atoms.